The lowest BCUT2D eigenvalue weighted by Gasteiger charge is -2.17. The van der Waals surface area contributed by atoms with E-state index < -0.39 is 5.97 Å². The third kappa shape index (κ3) is 3.92. The molecule has 0 spiro atoms. The predicted molar refractivity (Wildman–Crippen MR) is 92.5 cm³/mol. The second kappa shape index (κ2) is 6.86. The number of carboxylic acids is 1. The molecule has 0 unspecified atom stereocenters. The summed E-state index contributed by atoms with van der Waals surface area (Å²) in [4.78, 5) is 10.9. The van der Waals surface area contributed by atoms with Crippen molar-refractivity contribution in [1.29, 1.82) is 0 Å². The fraction of sp³-hybridized carbons (Fsp3) is 0.350. The molecular weight excluding hydrogens is 288 g/mol. The molecule has 0 aromatic heterocycles. The van der Waals surface area contributed by atoms with E-state index in [1.807, 2.05) is 12.1 Å². The third-order valence-corrected chi connectivity index (χ3v) is 4.08. The van der Waals surface area contributed by atoms with Crippen molar-refractivity contribution in [2.45, 2.75) is 46.0 Å². The molecule has 0 bridgehead atoms. The molecule has 2 rings (SSSR count). The lowest BCUT2D eigenvalue weighted by molar-refractivity contribution is 0.0697. The molecule has 2 N–H and O–H groups in total. The van der Waals surface area contributed by atoms with Gasteiger partial charge in [-0.1, -0.05) is 52.0 Å². The SMILES string of the molecule is CC(C)c1cc(Cc2ccc(C(=O)O)cc2)cc(C(C)C)c1O. The summed E-state index contributed by atoms with van der Waals surface area (Å²) in [6.45, 7) is 8.30. The summed E-state index contributed by atoms with van der Waals surface area (Å²) in [5, 5.41) is 19.4. The molecule has 0 saturated carbocycles. The predicted octanol–water partition coefficient (Wildman–Crippen LogP) is 4.93. The second-order valence-electron chi connectivity index (χ2n) is 6.61. The Bertz CT molecular complexity index is 668. The van der Waals surface area contributed by atoms with Crippen molar-refractivity contribution < 1.29 is 15.0 Å². The van der Waals surface area contributed by atoms with E-state index in [-0.39, 0.29) is 11.8 Å². The lowest BCUT2D eigenvalue weighted by Crippen LogP contribution is -2.00. The minimum atomic E-state index is -0.912. The molecule has 0 aliphatic rings. The van der Waals surface area contributed by atoms with Crippen LogP contribution in [-0.2, 0) is 6.42 Å². The number of carboxylic acid groups (broad SMARTS) is 1. The summed E-state index contributed by atoms with van der Waals surface area (Å²) in [5.41, 5.74) is 4.43. The molecular formula is C20H24O3. The van der Waals surface area contributed by atoms with Crippen molar-refractivity contribution in [2.24, 2.45) is 0 Å². The van der Waals surface area contributed by atoms with Crippen molar-refractivity contribution in [2.75, 3.05) is 0 Å². The molecule has 2 aromatic carbocycles. The molecule has 23 heavy (non-hydrogen) atoms. The maximum absolute atomic E-state index is 10.9. The van der Waals surface area contributed by atoms with Crippen molar-refractivity contribution in [1.82, 2.24) is 0 Å². The zero-order valence-electron chi connectivity index (χ0n) is 14.1. The average molecular weight is 312 g/mol. The Morgan fingerprint density at radius 2 is 1.39 bits per heavy atom. The number of carbonyl (C=O) groups is 1. The molecule has 0 amide bonds. The number of aromatic carboxylic acids is 1. The highest BCUT2D eigenvalue weighted by molar-refractivity contribution is 5.87. The van der Waals surface area contributed by atoms with Gasteiger partial charge in [-0.25, -0.2) is 4.79 Å². The topological polar surface area (TPSA) is 57.5 Å². The van der Waals surface area contributed by atoms with Crippen LogP contribution in [-0.4, -0.2) is 16.2 Å². The van der Waals surface area contributed by atoms with Gasteiger partial charge < -0.3 is 10.2 Å². The van der Waals surface area contributed by atoms with Crippen molar-refractivity contribution in [3.05, 3.63) is 64.2 Å². The molecule has 0 atom stereocenters. The Hall–Kier alpha value is -2.29. The van der Waals surface area contributed by atoms with Crippen LogP contribution in [0.1, 0.15) is 72.1 Å². The van der Waals surface area contributed by atoms with E-state index in [0.29, 0.717) is 11.3 Å². The number of rotatable bonds is 5. The number of aromatic hydroxyl groups is 1. The molecule has 2 aromatic rings. The second-order valence-corrected chi connectivity index (χ2v) is 6.61. The molecule has 0 aliphatic heterocycles. The van der Waals surface area contributed by atoms with Crippen molar-refractivity contribution in [3.8, 4) is 5.75 Å². The first-order valence-corrected chi connectivity index (χ1v) is 7.97. The first-order chi connectivity index (χ1) is 10.8. The first kappa shape index (κ1) is 17.1. The Morgan fingerprint density at radius 3 is 1.78 bits per heavy atom. The fourth-order valence-electron chi connectivity index (χ4n) is 2.73. The van der Waals surface area contributed by atoms with Gasteiger partial charge in [-0.15, -0.1) is 0 Å². The minimum absolute atomic E-state index is 0.252. The highest BCUT2D eigenvalue weighted by Gasteiger charge is 2.15. The number of benzene rings is 2. The van der Waals surface area contributed by atoms with E-state index in [9.17, 15) is 9.90 Å². The van der Waals surface area contributed by atoms with Gasteiger partial charge in [0.15, 0.2) is 0 Å². The van der Waals surface area contributed by atoms with E-state index in [4.69, 9.17) is 5.11 Å². The number of hydrogen-bond donors (Lipinski definition) is 2. The van der Waals surface area contributed by atoms with Crippen LogP contribution >= 0.6 is 0 Å². The zero-order valence-corrected chi connectivity index (χ0v) is 14.1. The average Bonchev–Trinajstić information content (AvgIpc) is 2.48. The number of hydrogen-bond acceptors (Lipinski definition) is 2. The molecule has 0 saturated heterocycles. The molecule has 0 aliphatic carbocycles. The van der Waals surface area contributed by atoms with Gasteiger partial charge in [-0.2, -0.15) is 0 Å². The van der Waals surface area contributed by atoms with Crippen molar-refractivity contribution >= 4 is 5.97 Å². The van der Waals surface area contributed by atoms with Gasteiger partial charge in [0.2, 0.25) is 0 Å². The van der Waals surface area contributed by atoms with Crippen LogP contribution in [0, 0.1) is 0 Å². The van der Waals surface area contributed by atoms with Crippen molar-refractivity contribution in [3.63, 3.8) is 0 Å². The van der Waals surface area contributed by atoms with Crippen LogP contribution in [0.25, 0.3) is 0 Å². The van der Waals surface area contributed by atoms with E-state index in [1.165, 1.54) is 0 Å². The summed E-state index contributed by atoms with van der Waals surface area (Å²) in [6, 6.07) is 11.1. The summed E-state index contributed by atoms with van der Waals surface area (Å²) in [6.07, 6.45) is 0.722. The van der Waals surface area contributed by atoms with Gasteiger partial charge in [0.05, 0.1) is 5.56 Å². The van der Waals surface area contributed by atoms with Gasteiger partial charge in [0.25, 0.3) is 0 Å². The standard InChI is InChI=1S/C20H24O3/c1-12(2)17-10-15(11-18(13(3)4)19(17)21)9-14-5-7-16(8-6-14)20(22)23/h5-8,10-13,21H,9H2,1-4H3,(H,22,23). The van der Waals surface area contributed by atoms with E-state index in [0.717, 1.165) is 28.7 Å². The maximum atomic E-state index is 10.9. The van der Waals surface area contributed by atoms with Gasteiger partial charge >= 0.3 is 5.97 Å². The Labute approximate surface area is 137 Å². The molecule has 0 heterocycles. The van der Waals surface area contributed by atoms with Crippen LogP contribution in [0.5, 0.6) is 5.75 Å². The monoisotopic (exact) mass is 312 g/mol. The zero-order chi connectivity index (χ0) is 17.1. The number of phenolic OH excluding ortho intramolecular Hbond substituents is 1. The highest BCUT2D eigenvalue weighted by Crippen LogP contribution is 2.35. The molecule has 3 nitrogen and oxygen atoms in total. The van der Waals surface area contributed by atoms with Crippen LogP contribution in [0.4, 0.5) is 0 Å². The highest BCUT2D eigenvalue weighted by atomic mass is 16.4. The van der Waals surface area contributed by atoms with E-state index in [2.05, 4.69) is 39.8 Å². The quantitative estimate of drug-likeness (QED) is 0.823. The van der Waals surface area contributed by atoms with E-state index in [1.54, 1.807) is 12.1 Å². The van der Waals surface area contributed by atoms with Crippen LogP contribution in [0.3, 0.4) is 0 Å². The first-order valence-electron chi connectivity index (χ1n) is 7.97. The molecule has 0 radical (unpaired) electrons. The molecule has 0 fully saturated rings. The normalized spacial score (nSPS) is 11.2. The Morgan fingerprint density at radius 1 is 0.913 bits per heavy atom. The Kier molecular flexibility index (Phi) is 5.09. The summed E-state index contributed by atoms with van der Waals surface area (Å²) in [5.74, 6) is -0.00554. The largest absolute Gasteiger partial charge is 0.507 e. The molecule has 3 heteroatoms. The maximum Gasteiger partial charge on any atom is 0.335 e. The van der Waals surface area contributed by atoms with E-state index >= 15 is 0 Å². The number of phenols is 1. The van der Waals surface area contributed by atoms with Crippen LogP contribution < -0.4 is 0 Å². The minimum Gasteiger partial charge on any atom is -0.507 e. The van der Waals surface area contributed by atoms with Gasteiger partial charge in [0, 0.05) is 0 Å². The van der Waals surface area contributed by atoms with Crippen LogP contribution in [0.15, 0.2) is 36.4 Å². The van der Waals surface area contributed by atoms with Gasteiger partial charge in [-0.3, -0.25) is 0 Å². The Balaban J connectivity index is 2.37. The smallest absolute Gasteiger partial charge is 0.335 e. The summed E-state index contributed by atoms with van der Waals surface area (Å²) in [7, 11) is 0. The van der Waals surface area contributed by atoms with Crippen LogP contribution in [0.2, 0.25) is 0 Å². The fourth-order valence-corrected chi connectivity index (χ4v) is 2.73. The van der Waals surface area contributed by atoms with Gasteiger partial charge in [0.1, 0.15) is 5.75 Å². The lowest BCUT2D eigenvalue weighted by atomic mass is 9.89. The van der Waals surface area contributed by atoms with Gasteiger partial charge in [-0.05, 0) is 52.6 Å². The summed E-state index contributed by atoms with van der Waals surface area (Å²) >= 11 is 0. The third-order valence-electron chi connectivity index (χ3n) is 4.08. The summed E-state index contributed by atoms with van der Waals surface area (Å²) < 4.78 is 0. The molecule has 122 valence electrons.